The van der Waals surface area contributed by atoms with Crippen LogP contribution in [-0.4, -0.2) is 36.1 Å². The minimum absolute atomic E-state index is 0.0242. The fourth-order valence-electron chi connectivity index (χ4n) is 3.91. The summed E-state index contributed by atoms with van der Waals surface area (Å²) >= 11 is 0. The second-order valence-corrected chi connectivity index (χ2v) is 7.72. The third-order valence-electron chi connectivity index (χ3n) is 5.59. The Morgan fingerprint density at radius 2 is 1.77 bits per heavy atom. The first-order chi connectivity index (χ1) is 16.8. The molecule has 8 nitrogen and oxygen atoms in total. The molecular weight excluding hydrogens is 470 g/mol. The van der Waals surface area contributed by atoms with Gasteiger partial charge in [-0.15, -0.1) is 10.2 Å². The van der Waals surface area contributed by atoms with E-state index >= 15 is 0 Å². The SMILES string of the molecule is O=C1c2cc(-c3nnc(C(F)F)o3)ccc2CN1[C@H](c1ncccn1)[C@@H](O)c1ccc(F)c(F)c1. The number of rotatable bonds is 6. The summed E-state index contributed by atoms with van der Waals surface area (Å²) in [6.45, 7) is 0.0459. The molecule has 1 amide bonds. The molecule has 0 fully saturated rings. The normalized spacial score (nSPS) is 14.9. The second-order valence-electron chi connectivity index (χ2n) is 7.72. The number of alkyl halides is 2. The smallest absolute Gasteiger partial charge is 0.314 e. The van der Waals surface area contributed by atoms with E-state index in [1.165, 1.54) is 35.5 Å². The predicted octanol–water partition coefficient (Wildman–Crippen LogP) is 4.17. The number of aliphatic hydroxyl groups excluding tert-OH is 1. The molecule has 0 spiro atoms. The molecule has 1 aliphatic heterocycles. The summed E-state index contributed by atoms with van der Waals surface area (Å²) in [4.78, 5) is 23.0. The van der Waals surface area contributed by atoms with Crippen LogP contribution in [-0.2, 0) is 6.54 Å². The summed E-state index contributed by atoms with van der Waals surface area (Å²) in [5.74, 6) is -3.69. The Bertz CT molecular complexity index is 1400. The molecule has 178 valence electrons. The van der Waals surface area contributed by atoms with Gasteiger partial charge >= 0.3 is 6.43 Å². The predicted molar refractivity (Wildman–Crippen MR) is 111 cm³/mol. The van der Waals surface area contributed by atoms with Gasteiger partial charge in [0.05, 0.1) is 0 Å². The van der Waals surface area contributed by atoms with E-state index in [1.807, 2.05) is 0 Å². The lowest BCUT2D eigenvalue weighted by Crippen LogP contribution is -2.34. The fraction of sp³-hybridized carbons (Fsp3) is 0.174. The van der Waals surface area contributed by atoms with Crippen LogP contribution in [0.5, 0.6) is 0 Å². The van der Waals surface area contributed by atoms with Crippen molar-refractivity contribution in [2.45, 2.75) is 25.1 Å². The maximum atomic E-state index is 13.9. The topological polar surface area (TPSA) is 105 Å². The molecule has 0 saturated heterocycles. The molecule has 1 aliphatic rings. The lowest BCUT2D eigenvalue weighted by molar-refractivity contribution is 0.0331. The first kappa shape index (κ1) is 22.6. The van der Waals surface area contributed by atoms with Crippen LogP contribution >= 0.6 is 0 Å². The van der Waals surface area contributed by atoms with Gasteiger partial charge in [0.25, 0.3) is 11.8 Å². The Kier molecular flexibility index (Phi) is 5.73. The number of amides is 1. The number of halogens is 4. The van der Waals surface area contributed by atoms with Crippen LogP contribution in [0.1, 0.15) is 51.8 Å². The lowest BCUT2D eigenvalue weighted by atomic mass is 9.99. The number of hydrogen-bond donors (Lipinski definition) is 1. The number of aliphatic hydroxyl groups is 1. The summed E-state index contributed by atoms with van der Waals surface area (Å²) in [6, 6.07) is 7.90. The third kappa shape index (κ3) is 4.12. The highest BCUT2D eigenvalue weighted by Crippen LogP contribution is 2.39. The average Bonchev–Trinajstić information content (AvgIpc) is 3.47. The van der Waals surface area contributed by atoms with E-state index < -0.39 is 42.0 Å². The van der Waals surface area contributed by atoms with Crippen molar-refractivity contribution in [3.63, 3.8) is 0 Å². The van der Waals surface area contributed by atoms with Crippen molar-refractivity contribution in [2.24, 2.45) is 0 Å². The highest BCUT2D eigenvalue weighted by Gasteiger charge is 2.40. The number of carbonyl (C=O) groups is 1. The summed E-state index contributed by atoms with van der Waals surface area (Å²) in [5.41, 5.74) is 1.08. The summed E-state index contributed by atoms with van der Waals surface area (Å²) in [7, 11) is 0. The van der Waals surface area contributed by atoms with Crippen LogP contribution in [0, 0.1) is 11.6 Å². The highest BCUT2D eigenvalue weighted by atomic mass is 19.3. The molecule has 3 heterocycles. The summed E-state index contributed by atoms with van der Waals surface area (Å²) in [5, 5.41) is 18.0. The standard InChI is InChI=1S/C23H15F4N5O3/c24-15-5-4-11(9-16(15)25)18(33)17(20-28-6-1-7-29-20)32-10-13-3-2-12(8-14(13)23(32)34)21-30-31-22(35-21)19(26)27/h1-9,17-19,33H,10H2/t17-,18-/m0/s1. The van der Waals surface area contributed by atoms with Gasteiger partial charge < -0.3 is 14.4 Å². The number of benzene rings is 2. The monoisotopic (exact) mass is 485 g/mol. The molecule has 1 N–H and O–H groups in total. The molecule has 0 aliphatic carbocycles. The van der Waals surface area contributed by atoms with E-state index in [9.17, 15) is 27.5 Å². The van der Waals surface area contributed by atoms with Gasteiger partial charge in [-0.25, -0.2) is 18.7 Å². The third-order valence-corrected chi connectivity index (χ3v) is 5.59. The van der Waals surface area contributed by atoms with Crippen LogP contribution < -0.4 is 0 Å². The number of fused-ring (bicyclic) bond motifs is 1. The van der Waals surface area contributed by atoms with E-state index in [0.29, 0.717) is 5.56 Å². The van der Waals surface area contributed by atoms with Crippen molar-refractivity contribution in [2.75, 3.05) is 0 Å². The molecule has 0 unspecified atom stereocenters. The summed E-state index contributed by atoms with van der Waals surface area (Å²) < 4.78 is 57.9. The molecule has 2 aromatic carbocycles. The largest absolute Gasteiger partial charge is 0.415 e. The van der Waals surface area contributed by atoms with Crippen molar-refractivity contribution in [3.05, 3.63) is 94.9 Å². The van der Waals surface area contributed by atoms with Gasteiger partial charge in [0.2, 0.25) is 5.89 Å². The molecule has 0 bridgehead atoms. The number of hydrogen-bond acceptors (Lipinski definition) is 7. The van der Waals surface area contributed by atoms with E-state index in [0.717, 1.165) is 12.1 Å². The van der Waals surface area contributed by atoms with Crippen molar-refractivity contribution in [1.29, 1.82) is 0 Å². The molecule has 12 heteroatoms. The highest BCUT2D eigenvalue weighted by molar-refractivity contribution is 5.99. The Morgan fingerprint density at radius 1 is 1.00 bits per heavy atom. The van der Waals surface area contributed by atoms with E-state index in [4.69, 9.17) is 4.42 Å². The van der Waals surface area contributed by atoms with Crippen molar-refractivity contribution < 1.29 is 31.9 Å². The van der Waals surface area contributed by atoms with Gasteiger partial charge in [0.15, 0.2) is 17.5 Å². The van der Waals surface area contributed by atoms with Gasteiger partial charge in [-0.2, -0.15) is 8.78 Å². The van der Waals surface area contributed by atoms with Gasteiger partial charge in [0.1, 0.15) is 12.1 Å². The van der Waals surface area contributed by atoms with Crippen molar-refractivity contribution >= 4 is 5.91 Å². The maximum Gasteiger partial charge on any atom is 0.314 e. The Morgan fingerprint density at radius 3 is 2.46 bits per heavy atom. The molecule has 0 radical (unpaired) electrons. The van der Waals surface area contributed by atoms with Gasteiger partial charge in [-0.05, 0) is 41.5 Å². The molecule has 4 aromatic rings. The molecule has 5 rings (SSSR count). The number of nitrogens with zero attached hydrogens (tertiary/aromatic N) is 5. The van der Waals surface area contributed by atoms with Gasteiger partial charge in [-0.3, -0.25) is 4.79 Å². The Hall–Kier alpha value is -4.19. The van der Waals surface area contributed by atoms with Crippen molar-refractivity contribution in [1.82, 2.24) is 25.1 Å². The van der Waals surface area contributed by atoms with Crippen LogP contribution in [0.2, 0.25) is 0 Å². The zero-order chi connectivity index (χ0) is 24.7. The van der Waals surface area contributed by atoms with Crippen LogP contribution in [0.15, 0.2) is 59.3 Å². The molecule has 0 saturated carbocycles. The minimum atomic E-state index is -2.94. The lowest BCUT2D eigenvalue weighted by Gasteiger charge is -2.30. The molecule has 2 aromatic heterocycles. The number of carbonyl (C=O) groups excluding carboxylic acids is 1. The van der Waals surface area contributed by atoms with E-state index in [2.05, 4.69) is 20.2 Å². The summed E-state index contributed by atoms with van der Waals surface area (Å²) in [6.07, 6.45) is -1.58. The van der Waals surface area contributed by atoms with Gasteiger partial charge in [-0.1, -0.05) is 12.1 Å². The van der Waals surface area contributed by atoms with E-state index in [1.54, 1.807) is 12.1 Å². The van der Waals surface area contributed by atoms with Crippen LogP contribution in [0.25, 0.3) is 11.5 Å². The maximum absolute atomic E-state index is 13.9. The average molecular weight is 485 g/mol. The first-order valence-corrected chi connectivity index (χ1v) is 10.3. The van der Waals surface area contributed by atoms with Gasteiger partial charge in [0, 0.05) is 30.1 Å². The Balaban J connectivity index is 1.51. The minimum Gasteiger partial charge on any atom is -0.415 e. The van der Waals surface area contributed by atoms with Crippen LogP contribution in [0.4, 0.5) is 17.6 Å². The molecule has 35 heavy (non-hydrogen) atoms. The second kappa shape index (κ2) is 8.87. The fourth-order valence-corrected chi connectivity index (χ4v) is 3.91. The number of aromatic nitrogens is 4. The zero-order valence-electron chi connectivity index (χ0n) is 17.6. The zero-order valence-corrected chi connectivity index (χ0v) is 17.6. The van der Waals surface area contributed by atoms with E-state index in [-0.39, 0.29) is 35.0 Å². The van der Waals surface area contributed by atoms with Crippen LogP contribution in [0.3, 0.4) is 0 Å². The first-order valence-electron chi connectivity index (χ1n) is 10.3. The quantitative estimate of drug-likeness (QED) is 0.409. The molecular formula is C23H15F4N5O3. The Labute approximate surface area is 194 Å². The van der Waals surface area contributed by atoms with Crippen molar-refractivity contribution in [3.8, 4) is 11.5 Å². The molecule has 2 atom stereocenters.